The first-order valence-corrected chi connectivity index (χ1v) is 7.67. The number of thiazole rings is 1. The van der Waals surface area contributed by atoms with E-state index in [4.69, 9.17) is 0 Å². The molecule has 0 radical (unpaired) electrons. The van der Waals surface area contributed by atoms with Crippen LogP contribution in [0.5, 0.6) is 0 Å². The lowest BCUT2D eigenvalue weighted by Crippen LogP contribution is -2.12. The average Bonchev–Trinajstić information content (AvgIpc) is 2.87. The molecule has 2 aromatic rings. The van der Waals surface area contributed by atoms with Crippen LogP contribution in [0.3, 0.4) is 0 Å². The van der Waals surface area contributed by atoms with Crippen LogP contribution in [0.2, 0.25) is 0 Å². The van der Waals surface area contributed by atoms with Crippen LogP contribution in [-0.4, -0.2) is 22.0 Å². The summed E-state index contributed by atoms with van der Waals surface area (Å²) in [5.74, 6) is 2.59. The average molecular weight is 291 g/mol. The van der Waals surface area contributed by atoms with E-state index in [1.54, 1.807) is 11.3 Å². The molecule has 2 heterocycles. The van der Waals surface area contributed by atoms with Gasteiger partial charge in [-0.15, -0.1) is 11.3 Å². The van der Waals surface area contributed by atoms with Gasteiger partial charge in [0.15, 0.2) is 0 Å². The number of rotatable bonds is 5. The highest BCUT2D eigenvalue weighted by Gasteiger charge is 2.14. The Bertz CT molecular complexity index is 593. The minimum atomic E-state index is 0.136. The predicted octanol–water partition coefficient (Wildman–Crippen LogP) is 3.33. The van der Waals surface area contributed by atoms with E-state index in [-0.39, 0.29) is 6.04 Å². The molecule has 6 heteroatoms. The van der Waals surface area contributed by atoms with Gasteiger partial charge in [-0.2, -0.15) is 0 Å². The second kappa shape index (κ2) is 6.17. The summed E-state index contributed by atoms with van der Waals surface area (Å²) < 4.78 is 0. The van der Waals surface area contributed by atoms with Crippen LogP contribution in [0, 0.1) is 13.8 Å². The molecule has 0 aromatic carbocycles. The lowest BCUT2D eigenvalue weighted by molar-refractivity contribution is 0.838. The highest BCUT2D eigenvalue weighted by molar-refractivity contribution is 7.09. The molecule has 20 heavy (non-hydrogen) atoms. The number of nitrogens with one attached hydrogen (secondary N) is 2. The van der Waals surface area contributed by atoms with Crippen molar-refractivity contribution in [1.29, 1.82) is 0 Å². The van der Waals surface area contributed by atoms with E-state index in [9.17, 15) is 0 Å². The molecule has 1 unspecified atom stereocenters. The van der Waals surface area contributed by atoms with Gasteiger partial charge in [-0.1, -0.05) is 6.92 Å². The summed E-state index contributed by atoms with van der Waals surface area (Å²) in [6, 6.07) is 0.136. The Balaban J connectivity index is 2.28. The first kappa shape index (κ1) is 14.7. The molecule has 0 aliphatic heterocycles. The highest BCUT2D eigenvalue weighted by atomic mass is 32.1. The molecule has 0 aliphatic carbocycles. The van der Waals surface area contributed by atoms with Crippen molar-refractivity contribution in [3.63, 3.8) is 0 Å². The van der Waals surface area contributed by atoms with Gasteiger partial charge in [0, 0.05) is 30.1 Å². The summed E-state index contributed by atoms with van der Waals surface area (Å²) in [5, 5.41) is 9.71. The molecule has 1 atom stereocenters. The molecule has 0 fully saturated rings. The van der Waals surface area contributed by atoms with Crippen LogP contribution in [0.4, 0.5) is 11.6 Å². The molecule has 0 saturated carbocycles. The summed E-state index contributed by atoms with van der Waals surface area (Å²) >= 11 is 1.67. The molecular weight excluding hydrogens is 270 g/mol. The molecule has 2 aromatic heterocycles. The van der Waals surface area contributed by atoms with Gasteiger partial charge in [-0.25, -0.2) is 15.0 Å². The van der Waals surface area contributed by atoms with E-state index in [1.165, 1.54) is 0 Å². The third-order valence-corrected chi connectivity index (χ3v) is 4.25. The van der Waals surface area contributed by atoms with E-state index < -0.39 is 0 Å². The van der Waals surface area contributed by atoms with E-state index in [0.29, 0.717) is 0 Å². The first-order chi connectivity index (χ1) is 9.55. The van der Waals surface area contributed by atoms with Crippen LogP contribution in [-0.2, 0) is 6.42 Å². The second-order valence-corrected chi connectivity index (χ2v) is 5.65. The molecule has 0 saturated heterocycles. The maximum Gasteiger partial charge on any atom is 0.135 e. The number of aryl methyl sites for hydroxylation is 2. The number of nitrogens with zero attached hydrogens (tertiary/aromatic N) is 3. The maximum absolute atomic E-state index is 4.59. The fourth-order valence-electron chi connectivity index (χ4n) is 1.94. The summed E-state index contributed by atoms with van der Waals surface area (Å²) in [6.45, 7) is 8.19. The van der Waals surface area contributed by atoms with E-state index in [0.717, 1.165) is 40.1 Å². The summed E-state index contributed by atoms with van der Waals surface area (Å²) in [6.07, 6.45) is 0.814. The van der Waals surface area contributed by atoms with Gasteiger partial charge in [0.05, 0.1) is 6.04 Å². The minimum absolute atomic E-state index is 0.136. The number of aromatic nitrogens is 3. The largest absolute Gasteiger partial charge is 0.373 e. The Hall–Kier alpha value is -1.69. The quantitative estimate of drug-likeness (QED) is 0.884. The fraction of sp³-hybridized carbons (Fsp3) is 0.500. The van der Waals surface area contributed by atoms with E-state index >= 15 is 0 Å². The van der Waals surface area contributed by atoms with Crippen LogP contribution < -0.4 is 10.6 Å². The van der Waals surface area contributed by atoms with E-state index in [2.05, 4.69) is 44.8 Å². The third-order valence-electron chi connectivity index (χ3n) is 3.11. The monoisotopic (exact) mass is 291 g/mol. The van der Waals surface area contributed by atoms with Gasteiger partial charge in [-0.05, 0) is 20.8 Å². The van der Waals surface area contributed by atoms with Gasteiger partial charge in [0.2, 0.25) is 0 Å². The Morgan fingerprint density at radius 2 is 1.90 bits per heavy atom. The van der Waals surface area contributed by atoms with Gasteiger partial charge >= 0.3 is 0 Å². The van der Waals surface area contributed by atoms with Crippen molar-refractivity contribution < 1.29 is 0 Å². The van der Waals surface area contributed by atoms with Crippen molar-refractivity contribution in [1.82, 2.24) is 15.0 Å². The molecule has 5 nitrogen and oxygen atoms in total. The molecule has 2 rings (SSSR count). The van der Waals surface area contributed by atoms with Crippen molar-refractivity contribution in [2.75, 3.05) is 17.7 Å². The molecule has 2 N–H and O–H groups in total. The standard InChI is InChI=1S/C14H21N5S/c1-6-11-18-12(15-5)9(3)13(19-11)17-10(4)14-16-8(2)7-20-14/h7,10H,6H2,1-5H3,(H2,15,17,18,19). The van der Waals surface area contributed by atoms with Crippen LogP contribution in [0.25, 0.3) is 0 Å². The summed E-state index contributed by atoms with van der Waals surface area (Å²) in [4.78, 5) is 13.6. The van der Waals surface area contributed by atoms with E-state index in [1.807, 2.05) is 20.9 Å². The Morgan fingerprint density at radius 3 is 2.45 bits per heavy atom. The number of anilines is 2. The molecule has 0 aliphatic rings. The summed E-state index contributed by atoms with van der Waals surface area (Å²) in [7, 11) is 1.88. The number of hydrogen-bond donors (Lipinski definition) is 2. The molecule has 108 valence electrons. The highest BCUT2D eigenvalue weighted by Crippen LogP contribution is 2.26. The zero-order valence-corrected chi connectivity index (χ0v) is 13.4. The van der Waals surface area contributed by atoms with Crippen LogP contribution in [0.1, 0.15) is 42.0 Å². The SMILES string of the molecule is CCc1nc(NC)c(C)c(NC(C)c2nc(C)cs2)n1. The Labute approximate surface area is 123 Å². The van der Waals surface area contributed by atoms with Gasteiger partial charge in [0.25, 0.3) is 0 Å². The van der Waals surface area contributed by atoms with Crippen molar-refractivity contribution >= 4 is 23.0 Å². The van der Waals surface area contributed by atoms with Crippen LogP contribution >= 0.6 is 11.3 Å². The minimum Gasteiger partial charge on any atom is -0.373 e. The fourth-order valence-corrected chi connectivity index (χ4v) is 2.75. The maximum atomic E-state index is 4.59. The Kier molecular flexibility index (Phi) is 4.54. The van der Waals surface area contributed by atoms with Gasteiger partial charge in [-0.3, -0.25) is 0 Å². The van der Waals surface area contributed by atoms with Crippen LogP contribution in [0.15, 0.2) is 5.38 Å². The Morgan fingerprint density at radius 1 is 1.20 bits per heavy atom. The lowest BCUT2D eigenvalue weighted by atomic mass is 10.2. The normalized spacial score (nSPS) is 12.2. The van der Waals surface area contributed by atoms with Crippen molar-refractivity contribution in [2.45, 2.75) is 40.2 Å². The number of hydrogen-bond acceptors (Lipinski definition) is 6. The predicted molar refractivity (Wildman–Crippen MR) is 84.6 cm³/mol. The zero-order valence-electron chi connectivity index (χ0n) is 12.6. The van der Waals surface area contributed by atoms with Crippen molar-refractivity contribution in [3.8, 4) is 0 Å². The van der Waals surface area contributed by atoms with Crippen molar-refractivity contribution in [2.24, 2.45) is 0 Å². The lowest BCUT2D eigenvalue weighted by Gasteiger charge is -2.16. The first-order valence-electron chi connectivity index (χ1n) is 6.79. The zero-order chi connectivity index (χ0) is 14.7. The smallest absolute Gasteiger partial charge is 0.135 e. The molecule has 0 amide bonds. The molecular formula is C14H21N5S. The third kappa shape index (κ3) is 3.07. The topological polar surface area (TPSA) is 62.7 Å². The van der Waals surface area contributed by atoms with Crippen molar-refractivity contribution in [3.05, 3.63) is 27.5 Å². The molecule has 0 bridgehead atoms. The molecule has 0 spiro atoms. The summed E-state index contributed by atoms with van der Waals surface area (Å²) in [5.41, 5.74) is 2.09. The van der Waals surface area contributed by atoms with Gasteiger partial charge in [0.1, 0.15) is 22.5 Å². The second-order valence-electron chi connectivity index (χ2n) is 4.76. The van der Waals surface area contributed by atoms with Gasteiger partial charge < -0.3 is 10.6 Å².